The molecule has 0 aliphatic carbocycles. The van der Waals surface area contributed by atoms with Crippen LogP contribution in [0.5, 0.6) is 0 Å². The van der Waals surface area contributed by atoms with E-state index in [1.807, 2.05) is 0 Å². The van der Waals surface area contributed by atoms with E-state index in [0.29, 0.717) is 6.04 Å². The molecule has 6 aromatic rings. The lowest BCUT2D eigenvalue weighted by Gasteiger charge is -2.00. The molecule has 0 bridgehead atoms. The molecule has 3 aromatic carbocycles. The van der Waals surface area contributed by atoms with Gasteiger partial charge in [0.15, 0.2) is 0 Å². The molecule has 0 aliphatic heterocycles. The smallest absolute Gasteiger partial charge is 0.249 e. The molecule has 6 rings (SSSR count). The van der Waals surface area contributed by atoms with Crippen molar-refractivity contribution in [1.82, 2.24) is 8.97 Å². The van der Waals surface area contributed by atoms with Crippen molar-refractivity contribution < 1.29 is 4.57 Å². The number of hydrogen-bond donors (Lipinski definition) is 0. The highest BCUT2D eigenvalue weighted by Gasteiger charge is 2.18. The van der Waals surface area contributed by atoms with E-state index in [2.05, 4.69) is 107 Å². The third-order valence-electron chi connectivity index (χ3n) is 5.76. The van der Waals surface area contributed by atoms with E-state index in [9.17, 15) is 0 Å². The van der Waals surface area contributed by atoms with Gasteiger partial charge in [0, 0.05) is 21.5 Å². The molecule has 0 amide bonds. The number of fused-ring (bicyclic) bond motifs is 6. The summed E-state index contributed by atoms with van der Waals surface area (Å²) < 4.78 is 6.85. The second kappa shape index (κ2) is 5.10. The minimum Gasteiger partial charge on any atom is -0.308 e. The number of benzene rings is 3. The average molecular weight is 350 g/mol. The number of nitrogens with zero attached hydrogens (tertiary/aromatic N) is 3. The van der Waals surface area contributed by atoms with Crippen LogP contribution in [0, 0.1) is 0 Å². The molecule has 0 N–H and O–H groups in total. The van der Waals surface area contributed by atoms with Gasteiger partial charge in [-0.25, -0.2) is 9.13 Å². The molecule has 0 aliphatic rings. The number of aromatic nitrogens is 3. The molecule has 130 valence electrons. The first-order valence-corrected chi connectivity index (χ1v) is 9.48. The Kier molecular flexibility index (Phi) is 2.80. The molecule has 0 saturated heterocycles. The predicted octanol–water partition coefficient (Wildman–Crippen LogP) is 5.50. The van der Waals surface area contributed by atoms with Crippen molar-refractivity contribution in [1.29, 1.82) is 0 Å². The molecule has 0 saturated carbocycles. The fourth-order valence-corrected chi connectivity index (χ4v) is 4.41. The number of imidazole rings is 1. The van der Waals surface area contributed by atoms with Gasteiger partial charge in [-0.1, -0.05) is 36.4 Å². The summed E-state index contributed by atoms with van der Waals surface area (Å²) in [5.41, 5.74) is 5.08. The van der Waals surface area contributed by atoms with Crippen molar-refractivity contribution in [3.63, 3.8) is 0 Å². The number of para-hydroxylation sites is 2. The van der Waals surface area contributed by atoms with Crippen LogP contribution in [0.3, 0.4) is 0 Å². The molecule has 27 heavy (non-hydrogen) atoms. The first-order valence-electron chi connectivity index (χ1n) is 9.48. The van der Waals surface area contributed by atoms with Crippen LogP contribution in [0.2, 0.25) is 0 Å². The Bertz CT molecular complexity index is 1450. The van der Waals surface area contributed by atoms with E-state index in [-0.39, 0.29) is 0 Å². The van der Waals surface area contributed by atoms with E-state index in [1.165, 1.54) is 43.8 Å². The van der Waals surface area contributed by atoms with Gasteiger partial charge in [-0.15, -0.1) is 0 Å². The molecule has 0 unspecified atom stereocenters. The summed E-state index contributed by atoms with van der Waals surface area (Å²) in [6.45, 7) is 4.40. The predicted molar refractivity (Wildman–Crippen MR) is 111 cm³/mol. The molecular weight excluding hydrogens is 330 g/mol. The van der Waals surface area contributed by atoms with E-state index in [1.54, 1.807) is 0 Å². The normalized spacial score (nSPS) is 12.4. The van der Waals surface area contributed by atoms with Crippen LogP contribution in [0.1, 0.15) is 19.9 Å². The van der Waals surface area contributed by atoms with E-state index in [0.717, 1.165) is 0 Å². The molecule has 3 heterocycles. The van der Waals surface area contributed by atoms with Crippen LogP contribution in [0.15, 0.2) is 79.4 Å². The molecule has 0 radical (unpaired) electrons. The highest BCUT2D eigenvalue weighted by molar-refractivity contribution is 6.23. The Balaban J connectivity index is 1.71. The lowest BCUT2D eigenvalue weighted by Crippen LogP contribution is -2.33. The summed E-state index contributed by atoms with van der Waals surface area (Å²) in [4.78, 5) is 0. The summed E-state index contributed by atoms with van der Waals surface area (Å²) in [5, 5.41) is 5.29. The molecule has 0 spiro atoms. The molecule has 3 nitrogen and oxygen atoms in total. The average Bonchev–Trinajstić information content (AvgIpc) is 3.39. The Morgan fingerprint density at radius 2 is 1.52 bits per heavy atom. The van der Waals surface area contributed by atoms with Crippen LogP contribution >= 0.6 is 0 Å². The second-order valence-corrected chi connectivity index (χ2v) is 7.62. The lowest BCUT2D eigenvalue weighted by atomic mass is 10.1. The van der Waals surface area contributed by atoms with Crippen molar-refractivity contribution in [2.45, 2.75) is 19.9 Å². The van der Waals surface area contributed by atoms with Crippen molar-refractivity contribution >= 4 is 38.1 Å². The first-order chi connectivity index (χ1) is 13.2. The molecule has 3 heteroatoms. The third kappa shape index (κ3) is 1.89. The monoisotopic (exact) mass is 350 g/mol. The van der Waals surface area contributed by atoms with Crippen molar-refractivity contribution in [2.24, 2.45) is 0 Å². The lowest BCUT2D eigenvalue weighted by molar-refractivity contribution is -0.715. The molecule has 3 aromatic heterocycles. The maximum absolute atomic E-state index is 2.42. The van der Waals surface area contributed by atoms with Gasteiger partial charge in [0.05, 0.1) is 22.6 Å². The minimum atomic E-state index is 0.460. The Morgan fingerprint density at radius 1 is 0.778 bits per heavy atom. The van der Waals surface area contributed by atoms with Crippen LogP contribution in [-0.4, -0.2) is 8.97 Å². The van der Waals surface area contributed by atoms with E-state index in [4.69, 9.17) is 0 Å². The van der Waals surface area contributed by atoms with Gasteiger partial charge in [-0.3, -0.25) is 0 Å². The highest BCUT2D eigenvalue weighted by Crippen LogP contribution is 2.39. The molecule has 0 fully saturated rings. The van der Waals surface area contributed by atoms with Gasteiger partial charge in [-0.05, 0) is 38.1 Å². The third-order valence-corrected chi connectivity index (χ3v) is 5.76. The minimum absolute atomic E-state index is 0.460. The summed E-state index contributed by atoms with van der Waals surface area (Å²) in [7, 11) is 0. The Morgan fingerprint density at radius 3 is 2.33 bits per heavy atom. The van der Waals surface area contributed by atoms with E-state index < -0.39 is 0 Å². The SMILES string of the molecule is CC(C)[n+]1ccn(-c2ccc3c(c2)c2cccc4c5ccccc5n3c42)c1. The zero-order valence-electron chi connectivity index (χ0n) is 15.4. The maximum Gasteiger partial charge on any atom is 0.249 e. The van der Waals surface area contributed by atoms with Gasteiger partial charge in [0.25, 0.3) is 0 Å². The quantitative estimate of drug-likeness (QED) is 0.366. The highest BCUT2D eigenvalue weighted by atomic mass is 15.1. The summed E-state index contributed by atoms with van der Waals surface area (Å²) in [6.07, 6.45) is 6.43. The first kappa shape index (κ1) is 14.8. The van der Waals surface area contributed by atoms with Crippen LogP contribution < -0.4 is 4.57 Å². The summed E-state index contributed by atoms with van der Waals surface area (Å²) >= 11 is 0. The number of rotatable bonds is 2. The maximum atomic E-state index is 2.42. The fourth-order valence-electron chi connectivity index (χ4n) is 4.41. The zero-order chi connectivity index (χ0) is 18.1. The van der Waals surface area contributed by atoms with Crippen molar-refractivity contribution in [2.75, 3.05) is 0 Å². The standard InChI is InChI=1S/C24H20N3/c1-16(2)25-12-13-26(15-25)17-10-11-23-21(14-17)20-8-5-7-19-18-6-3-4-9-22(18)27(23)24(19)20/h3-16H,1-2H3/q+1. The zero-order valence-corrected chi connectivity index (χ0v) is 15.4. The van der Waals surface area contributed by atoms with Gasteiger partial charge in [0.1, 0.15) is 18.1 Å². The Hall–Kier alpha value is -3.33. The van der Waals surface area contributed by atoms with Gasteiger partial charge < -0.3 is 4.40 Å². The van der Waals surface area contributed by atoms with Crippen molar-refractivity contribution in [3.05, 3.63) is 79.4 Å². The van der Waals surface area contributed by atoms with Crippen LogP contribution in [0.25, 0.3) is 43.8 Å². The van der Waals surface area contributed by atoms with Gasteiger partial charge in [-0.2, -0.15) is 0 Å². The van der Waals surface area contributed by atoms with Gasteiger partial charge >= 0.3 is 0 Å². The molecule has 0 atom stereocenters. The van der Waals surface area contributed by atoms with Crippen LogP contribution in [0.4, 0.5) is 0 Å². The second-order valence-electron chi connectivity index (χ2n) is 7.62. The summed E-state index contributed by atoms with van der Waals surface area (Å²) in [6, 6.07) is 22.6. The van der Waals surface area contributed by atoms with Gasteiger partial charge in [0.2, 0.25) is 6.33 Å². The number of hydrogen-bond acceptors (Lipinski definition) is 0. The Labute approximate surface area is 157 Å². The van der Waals surface area contributed by atoms with E-state index >= 15 is 0 Å². The topological polar surface area (TPSA) is 13.2 Å². The summed E-state index contributed by atoms with van der Waals surface area (Å²) in [5.74, 6) is 0. The molecular formula is C24H20N3+. The largest absolute Gasteiger partial charge is 0.308 e. The fraction of sp³-hybridized carbons (Fsp3) is 0.125. The van der Waals surface area contributed by atoms with Crippen LogP contribution in [-0.2, 0) is 0 Å². The van der Waals surface area contributed by atoms with Crippen molar-refractivity contribution in [3.8, 4) is 5.69 Å².